The van der Waals surface area contributed by atoms with Crippen molar-refractivity contribution in [2.75, 3.05) is 6.61 Å². The Hall–Kier alpha value is -0.300. The van der Waals surface area contributed by atoms with Gasteiger partial charge in [0.05, 0.1) is 0 Å². The van der Waals surface area contributed by atoms with Crippen LogP contribution in [0.2, 0.25) is 0 Å². The fourth-order valence-corrected chi connectivity index (χ4v) is 2.43. The van der Waals surface area contributed by atoms with Crippen LogP contribution in [0.3, 0.4) is 0 Å². The molecule has 76 valence electrons. The third kappa shape index (κ3) is 2.34. The molecule has 0 saturated carbocycles. The summed E-state index contributed by atoms with van der Waals surface area (Å²) in [7, 11) is 0. The zero-order valence-corrected chi connectivity index (χ0v) is 9.19. The van der Waals surface area contributed by atoms with E-state index in [1.807, 2.05) is 0 Å². The standard InChI is InChI=1S/C12H22O/c1-4-6-12(9-13)7-5-10(2)11(3)8-12/h13H,4-9H2,1-3H3. The molecule has 1 rings (SSSR count). The minimum absolute atomic E-state index is 0.221. The normalized spacial score (nSPS) is 29.5. The zero-order chi connectivity index (χ0) is 9.90. The first-order chi connectivity index (χ1) is 6.13. The van der Waals surface area contributed by atoms with Crippen LogP contribution in [0.4, 0.5) is 0 Å². The smallest absolute Gasteiger partial charge is 0.0490 e. The Kier molecular flexibility index (Phi) is 3.55. The third-order valence-electron chi connectivity index (χ3n) is 3.51. The van der Waals surface area contributed by atoms with Crippen molar-refractivity contribution >= 4 is 0 Å². The predicted octanol–water partition coefficient (Wildman–Crippen LogP) is 3.29. The molecule has 1 nitrogen and oxygen atoms in total. The average molecular weight is 182 g/mol. The molecule has 1 N–H and O–H groups in total. The summed E-state index contributed by atoms with van der Waals surface area (Å²) >= 11 is 0. The molecule has 1 atom stereocenters. The summed E-state index contributed by atoms with van der Waals surface area (Å²) in [5, 5.41) is 9.45. The molecule has 0 bridgehead atoms. The zero-order valence-electron chi connectivity index (χ0n) is 9.19. The fraction of sp³-hybridized carbons (Fsp3) is 0.833. The summed E-state index contributed by atoms with van der Waals surface area (Å²) < 4.78 is 0. The highest BCUT2D eigenvalue weighted by atomic mass is 16.3. The van der Waals surface area contributed by atoms with Crippen LogP contribution in [0.15, 0.2) is 11.1 Å². The number of aliphatic hydroxyl groups is 1. The van der Waals surface area contributed by atoms with Crippen LogP contribution in [-0.2, 0) is 0 Å². The van der Waals surface area contributed by atoms with Gasteiger partial charge in [-0.1, -0.05) is 24.5 Å². The van der Waals surface area contributed by atoms with Crippen molar-refractivity contribution in [1.29, 1.82) is 0 Å². The second kappa shape index (κ2) is 4.28. The Balaban J connectivity index is 2.71. The summed E-state index contributed by atoms with van der Waals surface area (Å²) in [6, 6.07) is 0. The topological polar surface area (TPSA) is 20.2 Å². The van der Waals surface area contributed by atoms with E-state index in [1.165, 1.54) is 31.3 Å². The Morgan fingerprint density at radius 3 is 2.46 bits per heavy atom. The van der Waals surface area contributed by atoms with E-state index in [0.29, 0.717) is 6.61 Å². The van der Waals surface area contributed by atoms with E-state index in [9.17, 15) is 5.11 Å². The quantitative estimate of drug-likeness (QED) is 0.664. The molecule has 0 aromatic rings. The molecule has 0 aromatic heterocycles. The van der Waals surface area contributed by atoms with Crippen LogP contribution < -0.4 is 0 Å². The molecule has 1 heteroatoms. The highest BCUT2D eigenvalue weighted by Gasteiger charge is 2.31. The highest BCUT2D eigenvalue weighted by molar-refractivity contribution is 5.16. The minimum Gasteiger partial charge on any atom is -0.396 e. The van der Waals surface area contributed by atoms with E-state index < -0.39 is 0 Å². The summed E-state index contributed by atoms with van der Waals surface area (Å²) in [6.07, 6.45) is 5.84. The van der Waals surface area contributed by atoms with Crippen molar-refractivity contribution in [3.63, 3.8) is 0 Å². The number of hydrogen-bond donors (Lipinski definition) is 1. The second-order valence-corrected chi connectivity index (χ2v) is 4.65. The predicted molar refractivity (Wildman–Crippen MR) is 56.7 cm³/mol. The molecule has 1 unspecified atom stereocenters. The first kappa shape index (κ1) is 10.8. The van der Waals surface area contributed by atoms with E-state index in [-0.39, 0.29) is 5.41 Å². The first-order valence-electron chi connectivity index (χ1n) is 5.39. The third-order valence-corrected chi connectivity index (χ3v) is 3.51. The number of rotatable bonds is 3. The minimum atomic E-state index is 0.221. The van der Waals surface area contributed by atoms with Crippen LogP contribution in [0.5, 0.6) is 0 Å². The number of hydrogen-bond acceptors (Lipinski definition) is 1. The van der Waals surface area contributed by atoms with Crippen LogP contribution >= 0.6 is 0 Å². The molecule has 0 amide bonds. The van der Waals surface area contributed by atoms with Crippen molar-refractivity contribution in [3.05, 3.63) is 11.1 Å². The molecular formula is C12H22O. The maximum Gasteiger partial charge on any atom is 0.0490 e. The molecule has 0 fully saturated rings. The summed E-state index contributed by atoms with van der Waals surface area (Å²) in [4.78, 5) is 0. The monoisotopic (exact) mass is 182 g/mol. The molecular weight excluding hydrogens is 160 g/mol. The maximum atomic E-state index is 9.45. The lowest BCUT2D eigenvalue weighted by atomic mass is 9.70. The van der Waals surface area contributed by atoms with E-state index in [4.69, 9.17) is 0 Å². The Morgan fingerprint density at radius 1 is 1.31 bits per heavy atom. The Bertz CT molecular complexity index is 205. The van der Waals surface area contributed by atoms with Crippen LogP contribution in [-0.4, -0.2) is 11.7 Å². The molecule has 1 aliphatic rings. The number of allylic oxidation sites excluding steroid dienone is 2. The molecule has 0 heterocycles. The van der Waals surface area contributed by atoms with Gasteiger partial charge >= 0.3 is 0 Å². The molecule has 0 spiro atoms. The van der Waals surface area contributed by atoms with Crippen molar-refractivity contribution in [3.8, 4) is 0 Å². The van der Waals surface area contributed by atoms with Gasteiger partial charge in [-0.15, -0.1) is 0 Å². The van der Waals surface area contributed by atoms with Gasteiger partial charge in [0.2, 0.25) is 0 Å². The van der Waals surface area contributed by atoms with Gasteiger partial charge in [-0.05, 0) is 44.9 Å². The van der Waals surface area contributed by atoms with E-state index >= 15 is 0 Å². The van der Waals surface area contributed by atoms with Crippen LogP contribution in [0, 0.1) is 5.41 Å². The van der Waals surface area contributed by atoms with Gasteiger partial charge in [-0.3, -0.25) is 0 Å². The van der Waals surface area contributed by atoms with Gasteiger partial charge in [-0.25, -0.2) is 0 Å². The largest absolute Gasteiger partial charge is 0.396 e. The van der Waals surface area contributed by atoms with Gasteiger partial charge in [-0.2, -0.15) is 0 Å². The fourth-order valence-electron chi connectivity index (χ4n) is 2.43. The Labute approximate surface area is 81.9 Å². The lowest BCUT2D eigenvalue weighted by molar-refractivity contribution is 0.0978. The van der Waals surface area contributed by atoms with Gasteiger partial charge < -0.3 is 5.11 Å². The lowest BCUT2D eigenvalue weighted by Gasteiger charge is -2.36. The number of aliphatic hydroxyl groups excluding tert-OH is 1. The van der Waals surface area contributed by atoms with Gasteiger partial charge in [0, 0.05) is 6.61 Å². The molecule has 1 aliphatic carbocycles. The maximum absolute atomic E-state index is 9.45. The van der Waals surface area contributed by atoms with Gasteiger partial charge in [0.15, 0.2) is 0 Å². The molecule has 0 saturated heterocycles. The second-order valence-electron chi connectivity index (χ2n) is 4.65. The first-order valence-corrected chi connectivity index (χ1v) is 5.39. The molecule has 0 aliphatic heterocycles. The SMILES string of the molecule is CCCC1(CO)CCC(C)=C(C)C1. The Morgan fingerprint density at radius 2 is 2.00 bits per heavy atom. The van der Waals surface area contributed by atoms with Crippen molar-refractivity contribution in [2.45, 2.75) is 52.9 Å². The average Bonchev–Trinajstić information content (AvgIpc) is 2.12. The summed E-state index contributed by atoms with van der Waals surface area (Å²) in [5.74, 6) is 0. The van der Waals surface area contributed by atoms with Crippen molar-refractivity contribution in [1.82, 2.24) is 0 Å². The molecule has 0 radical (unpaired) electrons. The van der Waals surface area contributed by atoms with Gasteiger partial charge in [0.25, 0.3) is 0 Å². The van der Waals surface area contributed by atoms with E-state index in [0.717, 1.165) is 6.42 Å². The van der Waals surface area contributed by atoms with Gasteiger partial charge in [0.1, 0.15) is 0 Å². The van der Waals surface area contributed by atoms with Crippen molar-refractivity contribution < 1.29 is 5.11 Å². The van der Waals surface area contributed by atoms with Crippen molar-refractivity contribution in [2.24, 2.45) is 5.41 Å². The molecule has 13 heavy (non-hydrogen) atoms. The highest BCUT2D eigenvalue weighted by Crippen LogP contribution is 2.42. The van der Waals surface area contributed by atoms with E-state index in [1.54, 1.807) is 5.57 Å². The van der Waals surface area contributed by atoms with E-state index in [2.05, 4.69) is 20.8 Å². The summed E-state index contributed by atoms with van der Waals surface area (Å²) in [6.45, 7) is 7.01. The summed E-state index contributed by atoms with van der Waals surface area (Å²) in [5.41, 5.74) is 3.27. The van der Waals surface area contributed by atoms with Crippen LogP contribution in [0.25, 0.3) is 0 Å². The molecule has 0 aromatic carbocycles. The van der Waals surface area contributed by atoms with Crippen LogP contribution in [0.1, 0.15) is 52.9 Å². The lowest BCUT2D eigenvalue weighted by Crippen LogP contribution is -2.28.